The Bertz CT molecular complexity index is 1220. The highest BCUT2D eigenvalue weighted by atomic mass is 19.4. The molecular formula is C23H24F3N5O5. The number of nitrogens with one attached hydrogen (secondary N) is 1. The minimum atomic E-state index is -5.08. The van der Waals surface area contributed by atoms with Gasteiger partial charge in [0, 0.05) is 37.1 Å². The van der Waals surface area contributed by atoms with Gasteiger partial charge in [0.2, 0.25) is 5.91 Å². The molecule has 10 nitrogen and oxygen atoms in total. The maximum atomic E-state index is 12.8. The third-order valence-corrected chi connectivity index (χ3v) is 5.55. The number of piperazine rings is 1. The average molecular weight is 507 g/mol. The number of carboxylic acid groups (broad SMARTS) is 1. The van der Waals surface area contributed by atoms with Crippen LogP contribution in [0.25, 0.3) is 10.9 Å². The quantitative estimate of drug-likeness (QED) is 0.491. The molecule has 1 aromatic heterocycles. The SMILES string of the molecule is COc1ccc(C(N)C(=O)N2CCN(C(=O)c3ccc4[nH]ncc4c3)CC2)cc1.O=C(O)C(F)(F)F. The molecule has 0 saturated carbocycles. The Kier molecular flexibility index (Phi) is 8.14. The minimum absolute atomic E-state index is 0.0420. The summed E-state index contributed by atoms with van der Waals surface area (Å²) in [6.45, 7) is 1.87. The van der Waals surface area contributed by atoms with Gasteiger partial charge in [-0.1, -0.05) is 12.1 Å². The van der Waals surface area contributed by atoms with Crippen LogP contribution in [0.2, 0.25) is 0 Å². The Hall–Kier alpha value is -4.13. The zero-order valence-corrected chi connectivity index (χ0v) is 19.2. The molecule has 0 aliphatic carbocycles. The van der Waals surface area contributed by atoms with Crippen molar-refractivity contribution in [2.75, 3.05) is 33.3 Å². The van der Waals surface area contributed by atoms with E-state index in [9.17, 15) is 22.8 Å². The molecule has 0 spiro atoms. The van der Waals surface area contributed by atoms with E-state index in [2.05, 4.69) is 10.2 Å². The van der Waals surface area contributed by atoms with Gasteiger partial charge >= 0.3 is 12.1 Å². The van der Waals surface area contributed by atoms with Crippen LogP contribution >= 0.6 is 0 Å². The molecule has 1 atom stereocenters. The third kappa shape index (κ3) is 6.30. The van der Waals surface area contributed by atoms with Crippen molar-refractivity contribution < 1.29 is 37.4 Å². The normalized spacial score (nSPS) is 14.6. The van der Waals surface area contributed by atoms with Gasteiger partial charge in [-0.05, 0) is 35.9 Å². The molecule has 2 aromatic carbocycles. The number of aromatic nitrogens is 2. The number of carbonyl (C=O) groups is 3. The van der Waals surface area contributed by atoms with Crippen molar-refractivity contribution in [3.63, 3.8) is 0 Å². The van der Waals surface area contributed by atoms with Gasteiger partial charge in [0.25, 0.3) is 5.91 Å². The number of fused-ring (bicyclic) bond motifs is 1. The number of alkyl halides is 3. The predicted octanol–water partition coefficient (Wildman–Crippen LogP) is 2.19. The van der Waals surface area contributed by atoms with E-state index < -0.39 is 18.2 Å². The number of ether oxygens (including phenoxy) is 1. The molecule has 0 bridgehead atoms. The van der Waals surface area contributed by atoms with Crippen LogP contribution in [-0.2, 0) is 9.59 Å². The van der Waals surface area contributed by atoms with Crippen molar-refractivity contribution >= 4 is 28.7 Å². The van der Waals surface area contributed by atoms with Gasteiger partial charge in [0.15, 0.2) is 0 Å². The molecule has 0 radical (unpaired) electrons. The van der Waals surface area contributed by atoms with Crippen LogP contribution in [-0.4, -0.2) is 82.4 Å². The van der Waals surface area contributed by atoms with Crippen LogP contribution in [0, 0.1) is 0 Å². The van der Waals surface area contributed by atoms with E-state index in [1.54, 1.807) is 53.4 Å². The average Bonchev–Trinajstić information content (AvgIpc) is 3.35. The van der Waals surface area contributed by atoms with Crippen LogP contribution in [0.4, 0.5) is 13.2 Å². The maximum absolute atomic E-state index is 12.8. The number of nitrogens with zero attached hydrogens (tertiary/aromatic N) is 3. The summed E-state index contributed by atoms with van der Waals surface area (Å²) in [5.74, 6) is -2.22. The van der Waals surface area contributed by atoms with Crippen molar-refractivity contribution in [1.82, 2.24) is 20.0 Å². The second-order valence-corrected chi connectivity index (χ2v) is 7.84. The van der Waals surface area contributed by atoms with Gasteiger partial charge in [0.05, 0.1) is 18.8 Å². The zero-order valence-electron chi connectivity index (χ0n) is 19.2. The fourth-order valence-corrected chi connectivity index (χ4v) is 3.54. The number of carboxylic acids is 1. The van der Waals surface area contributed by atoms with Crippen LogP contribution in [0.15, 0.2) is 48.7 Å². The lowest BCUT2D eigenvalue weighted by Crippen LogP contribution is -2.52. The Balaban J connectivity index is 0.000000454. The summed E-state index contributed by atoms with van der Waals surface area (Å²) in [7, 11) is 1.59. The molecular weight excluding hydrogens is 483 g/mol. The largest absolute Gasteiger partial charge is 0.497 e. The first-order valence-electron chi connectivity index (χ1n) is 10.7. The number of nitrogens with two attached hydrogens (primary N) is 1. The first-order chi connectivity index (χ1) is 17.0. The van der Waals surface area contributed by atoms with Crippen molar-refractivity contribution in [1.29, 1.82) is 0 Å². The number of H-pyrrole nitrogens is 1. The van der Waals surface area contributed by atoms with Gasteiger partial charge in [0.1, 0.15) is 11.8 Å². The number of methoxy groups -OCH3 is 1. The topological polar surface area (TPSA) is 142 Å². The molecule has 2 heterocycles. The number of carbonyl (C=O) groups excluding carboxylic acids is 2. The van der Waals surface area contributed by atoms with Crippen LogP contribution in [0.5, 0.6) is 5.75 Å². The first-order valence-corrected chi connectivity index (χ1v) is 10.7. The number of hydrogen-bond donors (Lipinski definition) is 3. The Labute approximate surface area is 203 Å². The van der Waals surface area contributed by atoms with E-state index in [-0.39, 0.29) is 11.8 Å². The number of aliphatic carboxylic acids is 1. The summed E-state index contributed by atoms with van der Waals surface area (Å²) in [6, 6.07) is 11.9. The van der Waals surface area contributed by atoms with Crippen LogP contribution in [0.1, 0.15) is 22.0 Å². The highest BCUT2D eigenvalue weighted by Crippen LogP contribution is 2.20. The maximum Gasteiger partial charge on any atom is 0.490 e. The van der Waals surface area contributed by atoms with Crippen molar-refractivity contribution in [2.45, 2.75) is 12.2 Å². The van der Waals surface area contributed by atoms with E-state index in [0.29, 0.717) is 37.5 Å². The van der Waals surface area contributed by atoms with Gasteiger partial charge < -0.3 is 25.4 Å². The molecule has 1 aliphatic heterocycles. The lowest BCUT2D eigenvalue weighted by atomic mass is 10.1. The molecule has 192 valence electrons. The predicted molar refractivity (Wildman–Crippen MR) is 122 cm³/mol. The second kappa shape index (κ2) is 11.1. The fourth-order valence-electron chi connectivity index (χ4n) is 3.54. The summed E-state index contributed by atoms with van der Waals surface area (Å²) >= 11 is 0. The summed E-state index contributed by atoms with van der Waals surface area (Å²) < 4.78 is 36.9. The number of benzene rings is 2. The second-order valence-electron chi connectivity index (χ2n) is 7.84. The lowest BCUT2D eigenvalue weighted by Gasteiger charge is -2.36. The highest BCUT2D eigenvalue weighted by Gasteiger charge is 2.38. The monoisotopic (exact) mass is 507 g/mol. The van der Waals surface area contributed by atoms with Crippen molar-refractivity contribution in [3.8, 4) is 5.75 Å². The molecule has 36 heavy (non-hydrogen) atoms. The molecule has 1 saturated heterocycles. The van der Waals surface area contributed by atoms with E-state index >= 15 is 0 Å². The summed E-state index contributed by atoms with van der Waals surface area (Å²) in [5.41, 5.74) is 8.42. The third-order valence-electron chi connectivity index (χ3n) is 5.55. The molecule has 3 aromatic rings. The fraction of sp³-hybridized carbons (Fsp3) is 0.304. The van der Waals surface area contributed by atoms with E-state index in [0.717, 1.165) is 16.5 Å². The Morgan fingerprint density at radius 2 is 1.64 bits per heavy atom. The van der Waals surface area contributed by atoms with Gasteiger partial charge in [-0.2, -0.15) is 18.3 Å². The van der Waals surface area contributed by atoms with Crippen LogP contribution in [0.3, 0.4) is 0 Å². The smallest absolute Gasteiger partial charge is 0.490 e. The number of aromatic amines is 1. The van der Waals surface area contributed by atoms with E-state index in [1.165, 1.54) is 0 Å². The Morgan fingerprint density at radius 1 is 1.06 bits per heavy atom. The molecule has 2 amide bonds. The van der Waals surface area contributed by atoms with E-state index in [1.807, 2.05) is 12.1 Å². The first kappa shape index (κ1) is 26.5. The molecule has 1 aliphatic rings. The molecule has 4 rings (SSSR count). The van der Waals surface area contributed by atoms with Crippen LogP contribution < -0.4 is 10.5 Å². The molecule has 13 heteroatoms. The highest BCUT2D eigenvalue weighted by molar-refractivity contribution is 5.98. The van der Waals surface area contributed by atoms with Crippen molar-refractivity contribution in [2.24, 2.45) is 5.73 Å². The number of halogens is 3. The summed E-state index contributed by atoms with van der Waals surface area (Å²) in [4.78, 5) is 38.0. The molecule has 4 N–H and O–H groups in total. The van der Waals surface area contributed by atoms with Gasteiger partial charge in [-0.25, -0.2) is 4.79 Å². The molecule has 1 fully saturated rings. The van der Waals surface area contributed by atoms with E-state index in [4.69, 9.17) is 20.4 Å². The number of hydrogen-bond acceptors (Lipinski definition) is 6. The standard InChI is InChI=1S/C21H23N5O3.C2HF3O2/c1-29-17-5-2-14(3-6-17)19(22)21(28)26-10-8-25(9-11-26)20(27)15-4-7-18-16(12-15)13-23-24-18;3-2(4,5)1(6)7/h2-7,12-13,19H,8-11,22H2,1H3,(H,23,24);(H,6,7). The zero-order chi connectivity index (χ0) is 26.5. The summed E-state index contributed by atoms with van der Waals surface area (Å²) in [5, 5.41) is 14.9. The Morgan fingerprint density at radius 3 is 2.19 bits per heavy atom. The lowest BCUT2D eigenvalue weighted by molar-refractivity contribution is -0.192. The minimum Gasteiger partial charge on any atom is -0.497 e. The number of amides is 2. The van der Waals surface area contributed by atoms with Gasteiger partial charge in [-0.3, -0.25) is 14.7 Å². The summed E-state index contributed by atoms with van der Waals surface area (Å²) in [6.07, 6.45) is -3.39. The van der Waals surface area contributed by atoms with Gasteiger partial charge in [-0.15, -0.1) is 0 Å². The number of rotatable bonds is 4. The van der Waals surface area contributed by atoms with Crippen molar-refractivity contribution in [3.05, 3.63) is 59.8 Å². The molecule has 1 unspecified atom stereocenters.